The van der Waals surface area contributed by atoms with Crippen LogP contribution in [0.3, 0.4) is 0 Å². The predicted molar refractivity (Wildman–Crippen MR) is 90.5 cm³/mol. The molecule has 0 saturated carbocycles. The average molecular weight is 314 g/mol. The molecular weight excluding hydrogens is 285 g/mol. The maximum atomic E-state index is 13.7. The Morgan fingerprint density at radius 1 is 1.19 bits per heavy atom. The highest BCUT2D eigenvalue weighted by atomic mass is 35.5. The second-order valence-corrected chi connectivity index (χ2v) is 6.47. The van der Waals surface area contributed by atoms with E-state index >= 15 is 0 Å². The van der Waals surface area contributed by atoms with E-state index in [1.54, 1.807) is 12.1 Å². The standard InChI is InChI=1S/C18H29ClFN/c1-4-7-10-18(6-3,14-21-11-5-2)13-15-8-9-16(19)17(20)12-15/h8-9,12,21H,4-7,10-11,13-14H2,1-3H3. The van der Waals surface area contributed by atoms with E-state index in [4.69, 9.17) is 11.6 Å². The fraction of sp³-hybridized carbons (Fsp3) is 0.667. The van der Waals surface area contributed by atoms with E-state index in [9.17, 15) is 4.39 Å². The second kappa shape index (κ2) is 9.42. The Morgan fingerprint density at radius 2 is 1.95 bits per heavy atom. The highest BCUT2D eigenvalue weighted by Crippen LogP contribution is 2.33. The molecule has 0 aliphatic rings. The van der Waals surface area contributed by atoms with E-state index in [-0.39, 0.29) is 16.3 Å². The summed E-state index contributed by atoms with van der Waals surface area (Å²) >= 11 is 5.78. The van der Waals surface area contributed by atoms with Crippen LogP contribution in [0.4, 0.5) is 4.39 Å². The van der Waals surface area contributed by atoms with E-state index in [0.717, 1.165) is 37.9 Å². The summed E-state index contributed by atoms with van der Waals surface area (Å²) in [6.45, 7) is 8.70. The molecule has 1 aromatic rings. The molecule has 0 aromatic heterocycles. The molecule has 0 aliphatic heterocycles. The van der Waals surface area contributed by atoms with Gasteiger partial charge in [-0.1, -0.05) is 51.3 Å². The van der Waals surface area contributed by atoms with Crippen molar-refractivity contribution in [2.45, 2.75) is 59.3 Å². The van der Waals surface area contributed by atoms with Gasteiger partial charge in [-0.15, -0.1) is 0 Å². The van der Waals surface area contributed by atoms with Crippen molar-refractivity contribution in [3.05, 3.63) is 34.6 Å². The molecule has 1 nitrogen and oxygen atoms in total. The van der Waals surface area contributed by atoms with E-state index < -0.39 is 0 Å². The van der Waals surface area contributed by atoms with Gasteiger partial charge in [0.1, 0.15) is 5.82 Å². The molecule has 3 heteroatoms. The minimum Gasteiger partial charge on any atom is -0.316 e. The van der Waals surface area contributed by atoms with Crippen molar-refractivity contribution in [2.75, 3.05) is 13.1 Å². The first-order valence-electron chi connectivity index (χ1n) is 8.21. The van der Waals surface area contributed by atoms with Gasteiger partial charge in [0.2, 0.25) is 0 Å². The van der Waals surface area contributed by atoms with Crippen molar-refractivity contribution in [2.24, 2.45) is 5.41 Å². The lowest BCUT2D eigenvalue weighted by Gasteiger charge is -2.34. The summed E-state index contributed by atoms with van der Waals surface area (Å²) in [6.07, 6.45) is 6.76. The third-order valence-electron chi connectivity index (χ3n) is 4.30. The van der Waals surface area contributed by atoms with Crippen LogP contribution in [-0.2, 0) is 6.42 Å². The molecule has 0 heterocycles. The number of halogens is 2. The zero-order chi connectivity index (χ0) is 15.7. The maximum Gasteiger partial charge on any atom is 0.142 e. The van der Waals surface area contributed by atoms with Crippen LogP contribution in [0.5, 0.6) is 0 Å². The number of hydrogen-bond acceptors (Lipinski definition) is 1. The van der Waals surface area contributed by atoms with Gasteiger partial charge in [-0.05, 0) is 55.3 Å². The van der Waals surface area contributed by atoms with E-state index in [1.807, 2.05) is 6.07 Å². The van der Waals surface area contributed by atoms with Crippen LogP contribution in [0.25, 0.3) is 0 Å². The first kappa shape index (κ1) is 18.4. The molecule has 0 aliphatic carbocycles. The van der Waals surface area contributed by atoms with Gasteiger partial charge >= 0.3 is 0 Å². The van der Waals surface area contributed by atoms with Gasteiger partial charge < -0.3 is 5.32 Å². The minimum atomic E-state index is -0.309. The van der Waals surface area contributed by atoms with Gasteiger partial charge in [-0.25, -0.2) is 4.39 Å². The van der Waals surface area contributed by atoms with Crippen LogP contribution >= 0.6 is 11.6 Å². The fourth-order valence-electron chi connectivity index (χ4n) is 2.83. The highest BCUT2D eigenvalue weighted by molar-refractivity contribution is 6.30. The van der Waals surface area contributed by atoms with Gasteiger partial charge in [-0.2, -0.15) is 0 Å². The quantitative estimate of drug-likeness (QED) is 0.554. The Balaban J connectivity index is 2.84. The Kier molecular flexibility index (Phi) is 8.28. The summed E-state index contributed by atoms with van der Waals surface area (Å²) in [6, 6.07) is 5.23. The third kappa shape index (κ3) is 5.96. The molecule has 1 aromatic carbocycles. The molecule has 0 spiro atoms. The van der Waals surface area contributed by atoms with E-state index in [0.29, 0.717) is 0 Å². The van der Waals surface area contributed by atoms with Crippen LogP contribution in [0.15, 0.2) is 18.2 Å². The second-order valence-electron chi connectivity index (χ2n) is 6.06. The first-order valence-corrected chi connectivity index (χ1v) is 8.59. The van der Waals surface area contributed by atoms with Crippen molar-refractivity contribution in [3.8, 4) is 0 Å². The van der Waals surface area contributed by atoms with Gasteiger partial charge in [0.15, 0.2) is 0 Å². The summed E-state index contributed by atoms with van der Waals surface area (Å²) < 4.78 is 13.7. The van der Waals surface area contributed by atoms with E-state index in [1.165, 1.54) is 19.3 Å². The molecule has 0 bridgehead atoms. The smallest absolute Gasteiger partial charge is 0.142 e. The normalized spacial score (nSPS) is 14.1. The molecular formula is C18H29ClFN. The van der Waals surface area contributed by atoms with Crippen LogP contribution in [0, 0.1) is 11.2 Å². The monoisotopic (exact) mass is 313 g/mol. The molecule has 1 rings (SSSR count). The summed E-state index contributed by atoms with van der Waals surface area (Å²) in [4.78, 5) is 0. The number of unbranched alkanes of at least 4 members (excludes halogenated alkanes) is 1. The summed E-state index contributed by atoms with van der Waals surface area (Å²) in [5.74, 6) is -0.309. The number of nitrogens with one attached hydrogen (secondary N) is 1. The molecule has 1 N–H and O–H groups in total. The lowest BCUT2D eigenvalue weighted by molar-refractivity contribution is 0.229. The van der Waals surface area contributed by atoms with Gasteiger partial charge in [-0.3, -0.25) is 0 Å². The zero-order valence-corrected chi connectivity index (χ0v) is 14.4. The van der Waals surface area contributed by atoms with Gasteiger partial charge in [0, 0.05) is 6.54 Å². The van der Waals surface area contributed by atoms with Gasteiger partial charge in [0.25, 0.3) is 0 Å². The minimum absolute atomic E-state index is 0.207. The largest absolute Gasteiger partial charge is 0.316 e. The van der Waals surface area contributed by atoms with Gasteiger partial charge in [0.05, 0.1) is 5.02 Å². The lowest BCUT2D eigenvalue weighted by Crippen LogP contribution is -2.36. The Hall–Kier alpha value is -0.600. The van der Waals surface area contributed by atoms with Crippen LogP contribution in [0.2, 0.25) is 5.02 Å². The Bertz CT molecular complexity index is 422. The number of rotatable bonds is 10. The maximum absolute atomic E-state index is 13.7. The number of benzene rings is 1. The highest BCUT2D eigenvalue weighted by Gasteiger charge is 2.27. The third-order valence-corrected chi connectivity index (χ3v) is 4.61. The molecule has 0 radical (unpaired) electrons. The SMILES string of the molecule is CCCCC(CC)(CNCCC)Cc1ccc(Cl)c(F)c1. The summed E-state index contributed by atoms with van der Waals surface area (Å²) in [7, 11) is 0. The van der Waals surface area contributed by atoms with Crippen LogP contribution in [0.1, 0.15) is 58.4 Å². The van der Waals surface area contributed by atoms with Crippen LogP contribution < -0.4 is 5.32 Å². The Labute approximate surface area is 134 Å². The molecule has 0 saturated heterocycles. The number of hydrogen-bond donors (Lipinski definition) is 1. The van der Waals surface area contributed by atoms with Crippen molar-refractivity contribution in [3.63, 3.8) is 0 Å². The van der Waals surface area contributed by atoms with Crippen LogP contribution in [-0.4, -0.2) is 13.1 Å². The fourth-order valence-corrected chi connectivity index (χ4v) is 2.95. The predicted octanol–water partition coefficient (Wildman–Crippen LogP) is 5.61. The summed E-state index contributed by atoms with van der Waals surface area (Å²) in [5.41, 5.74) is 1.26. The molecule has 21 heavy (non-hydrogen) atoms. The van der Waals surface area contributed by atoms with E-state index in [2.05, 4.69) is 26.1 Å². The molecule has 120 valence electrons. The summed E-state index contributed by atoms with van der Waals surface area (Å²) in [5, 5.41) is 3.77. The van der Waals surface area contributed by atoms with Crippen molar-refractivity contribution in [1.29, 1.82) is 0 Å². The van der Waals surface area contributed by atoms with Crippen molar-refractivity contribution in [1.82, 2.24) is 5.32 Å². The topological polar surface area (TPSA) is 12.0 Å². The molecule has 0 amide bonds. The molecule has 1 atom stereocenters. The van der Waals surface area contributed by atoms with Crippen molar-refractivity contribution < 1.29 is 4.39 Å². The zero-order valence-electron chi connectivity index (χ0n) is 13.6. The average Bonchev–Trinajstić information content (AvgIpc) is 2.48. The first-order chi connectivity index (χ1) is 10.1. The van der Waals surface area contributed by atoms with Crippen molar-refractivity contribution >= 4 is 11.6 Å². The molecule has 0 fully saturated rings. The molecule has 1 unspecified atom stereocenters. The lowest BCUT2D eigenvalue weighted by atomic mass is 9.75. The Morgan fingerprint density at radius 3 is 2.52 bits per heavy atom.